The molecule has 1 aliphatic rings. The molecule has 34 heavy (non-hydrogen) atoms. The van der Waals surface area contributed by atoms with Crippen LogP contribution in [-0.4, -0.2) is 65.2 Å². The molecule has 9 nitrogen and oxygen atoms in total. The molecule has 0 spiro atoms. The van der Waals surface area contributed by atoms with Gasteiger partial charge in [0.2, 0.25) is 0 Å². The molecular formula is C25H34N4O5. The zero-order valence-corrected chi connectivity index (χ0v) is 19.4. The van der Waals surface area contributed by atoms with E-state index in [4.69, 9.17) is 4.74 Å². The van der Waals surface area contributed by atoms with Gasteiger partial charge >= 0.3 is 0 Å². The number of nitrogens with one attached hydrogen (secondary N) is 1. The molecule has 1 fully saturated rings. The van der Waals surface area contributed by atoms with Crippen LogP contribution in [0.5, 0.6) is 11.5 Å². The number of amidine groups is 1. The second-order valence-electron chi connectivity index (χ2n) is 8.50. The van der Waals surface area contributed by atoms with Crippen LogP contribution >= 0.6 is 0 Å². The molecule has 1 unspecified atom stereocenters. The summed E-state index contributed by atoms with van der Waals surface area (Å²) in [6, 6.07) is 14.3. The summed E-state index contributed by atoms with van der Waals surface area (Å²) >= 11 is 0. The van der Waals surface area contributed by atoms with Crippen LogP contribution in [0.4, 0.5) is 0 Å². The Morgan fingerprint density at radius 2 is 1.94 bits per heavy atom. The van der Waals surface area contributed by atoms with Gasteiger partial charge in [0.1, 0.15) is 11.5 Å². The maximum absolute atomic E-state index is 11.0. The number of ether oxygens (including phenoxy) is 1. The lowest BCUT2D eigenvalue weighted by atomic mass is 10.1. The van der Waals surface area contributed by atoms with Gasteiger partial charge in [0.15, 0.2) is 5.84 Å². The van der Waals surface area contributed by atoms with Gasteiger partial charge in [-0.2, -0.15) is 0 Å². The third-order valence-electron chi connectivity index (χ3n) is 5.68. The van der Waals surface area contributed by atoms with Gasteiger partial charge in [-0.15, -0.1) is 0 Å². The van der Waals surface area contributed by atoms with Crippen molar-refractivity contribution in [2.75, 3.05) is 39.3 Å². The highest BCUT2D eigenvalue weighted by Crippen LogP contribution is 2.18. The Kier molecular flexibility index (Phi) is 10.1. The Morgan fingerprint density at radius 1 is 1.18 bits per heavy atom. The van der Waals surface area contributed by atoms with E-state index in [1.807, 2.05) is 12.1 Å². The van der Waals surface area contributed by atoms with Crippen LogP contribution in [0.2, 0.25) is 0 Å². The number of aliphatic hydroxyl groups is 1. The first-order valence-corrected chi connectivity index (χ1v) is 11.8. The standard InChI is InChI=1S/C25H34N4O5/c30-22-10-8-21(9-11-22)24(31)17-27-25(19-29(32)33)26-12-5-15-34-23-7-4-6-20(16-23)18-28-13-2-1-3-14-28/h4,6-11,16,24,30-31H,1-3,5,12-15,17-19H2,(H,26,27). The van der Waals surface area contributed by atoms with E-state index < -0.39 is 17.6 Å². The fraction of sp³-hybridized carbons (Fsp3) is 0.480. The van der Waals surface area contributed by atoms with Crippen molar-refractivity contribution in [2.24, 2.45) is 4.99 Å². The molecule has 3 rings (SSSR count). The highest BCUT2D eigenvalue weighted by atomic mass is 16.6. The average molecular weight is 471 g/mol. The maximum Gasteiger partial charge on any atom is 0.259 e. The molecule has 0 aliphatic carbocycles. The zero-order valence-electron chi connectivity index (χ0n) is 19.4. The van der Waals surface area contributed by atoms with Gasteiger partial charge in [-0.05, 0) is 67.7 Å². The van der Waals surface area contributed by atoms with Gasteiger partial charge in [-0.3, -0.25) is 20.0 Å². The smallest absolute Gasteiger partial charge is 0.259 e. The molecule has 0 bridgehead atoms. The van der Waals surface area contributed by atoms with E-state index in [0.29, 0.717) is 25.1 Å². The molecule has 0 aromatic heterocycles. The van der Waals surface area contributed by atoms with Crippen molar-refractivity contribution >= 4 is 5.84 Å². The summed E-state index contributed by atoms with van der Waals surface area (Å²) < 4.78 is 5.87. The number of rotatable bonds is 12. The lowest BCUT2D eigenvalue weighted by Gasteiger charge is -2.26. The summed E-state index contributed by atoms with van der Waals surface area (Å²) in [7, 11) is 0. The number of aliphatic hydroxyl groups excluding tert-OH is 1. The maximum atomic E-state index is 11.0. The summed E-state index contributed by atoms with van der Waals surface area (Å²) in [5.41, 5.74) is 1.82. The average Bonchev–Trinajstić information content (AvgIpc) is 2.83. The Hall–Kier alpha value is -3.17. The predicted molar refractivity (Wildman–Crippen MR) is 131 cm³/mol. The molecular weight excluding hydrogens is 436 g/mol. The number of hydrogen-bond donors (Lipinski definition) is 3. The fourth-order valence-corrected chi connectivity index (χ4v) is 3.89. The lowest BCUT2D eigenvalue weighted by molar-refractivity contribution is -0.463. The number of likely N-dealkylation sites (tertiary alicyclic amines) is 1. The quantitative estimate of drug-likeness (QED) is 0.143. The van der Waals surface area contributed by atoms with E-state index in [9.17, 15) is 20.3 Å². The molecule has 9 heteroatoms. The summed E-state index contributed by atoms with van der Waals surface area (Å²) in [5.74, 6) is 1.14. The molecule has 1 saturated heterocycles. The number of benzene rings is 2. The van der Waals surface area contributed by atoms with E-state index >= 15 is 0 Å². The summed E-state index contributed by atoms with van der Waals surface area (Å²) in [6.07, 6.45) is 3.58. The summed E-state index contributed by atoms with van der Waals surface area (Å²) in [6.45, 7) is 3.73. The minimum atomic E-state index is -0.912. The number of piperidine rings is 1. The van der Waals surface area contributed by atoms with Gasteiger partial charge < -0.3 is 20.3 Å². The van der Waals surface area contributed by atoms with Crippen LogP contribution < -0.4 is 10.1 Å². The fourth-order valence-electron chi connectivity index (χ4n) is 3.89. The molecule has 3 N–H and O–H groups in total. The van der Waals surface area contributed by atoms with Crippen molar-refractivity contribution in [3.8, 4) is 11.5 Å². The Labute approximate surface area is 200 Å². The number of phenols is 1. The molecule has 2 aromatic rings. The largest absolute Gasteiger partial charge is 0.508 e. The number of phenolic OH excluding ortho intramolecular Hbond substituents is 1. The third-order valence-corrected chi connectivity index (χ3v) is 5.68. The highest BCUT2D eigenvalue weighted by Gasteiger charge is 2.12. The van der Waals surface area contributed by atoms with E-state index in [1.165, 1.54) is 37.0 Å². The molecule has 1 atom stereocenters. The molecule has 1 aliphatic heterocycles. The van der Waals surface area contributed by atoms with E-state index in [-0.39, 0.29) is 18.1 Å². The van der Waals surface area contributed by atoms with E-state index in [2.05, 4.69) is 27.3 Å². The molecule has 0 saturated carbocycles. The molecule has 2 aromatic carbocycles. The topological polar surface area (TPSA) is 120 Å². The lowest BCUT2D eigenvalue weighted by Crippen LogP contribution is -2.32. The summed E-state index contributed by atoms with van der Waals surface area (Å²) in [4.78, 5) is 17.2. The number of aromatic hydroxyl groups is 1. The van der Waals surface area contributed by atoms with Gasteiger partial charge in [-0.25, -0.2) is 0 Å². The van der Waals surface area contributed by atoms with E-state index in [1.54, 1.807) is 12.1 Å². The number of aliphatic imine (C=N–C) groups is 1. The molecule has 0 radical (unpaired) electrons. The predicted octanol–water partition coefficient (Wildman–Crippen LogP) is 3.15. The number of nitrogens with zero attached hydrogens (tertiary/aromatic N) is 3. The van der Waals surface area contributed by atoms with Crippen LogP contribution in [0.25, 0.3) is 0 Å². The van der Waals surface area contributed by atoms with Gasteiger partial charge in [0.25, 0.3) is 6.54 Å². The van der Waals surface area contributed by atoms with Crippen molar-refractivity contribution in [1.82, 2.24) is 10.2 Å². The first kappa shape index (κ1) is 25.5. The highest BCUT2D eigenvalue weighted by molar-refractivity contribution is 5.83. The monoisotopic (exact) mass is 470 g/mol. The van der Waals surface area contributed by atoms with Gasteiger partial charge in [0, 0.05) is 18.0 Å². The van der Waals surface area contributed by atoms with Crippen molar-refractivity contribution < 1.29 is 19.9 Å². The van der Waals surface area contributed by atoms with Crippen LogP contribution in [0.15, 0.2) is 53.5 Å². The second-order valence-corrected chi connectivity index (χ2v) is 8.50. The van der Waals surface area contributed by atoms with Crippen LogP contribution in [0.1, 0.15) is 42.9 Å². The number of nitro groups is 1. The Balaban J connectivity index is 1.42. The van der Waals surface area contributed by atoms with Gasteiger partial charge in [0.05, 0.1) is 19.3 Å². The van der Waals surface area contributed by atoms with Gasteiger partial charge in [-0.1, -0.05) is 30.7 Å². The van der Waals surface area contributed by atoms with Crippen LogP contribution in [0, 0.1) is 10.1 Å². The first-order valence-electron chi connectivity index (χ1n) is 11.8. The first-order chi connectivity index (χ1) is 16.5. The summed E-state index contributed by atoms with van der Waals surface area (Å²) in [5, 5.41) is 33.6. The van der Waals surface area contributed by atoms with Crippen molar-refractivity contribution in [1.29, 1.82) is 0 Å². The second kappa shape index (κ2) is 13.5. The minimum absolute atomic E-state index is 0.0126. The van der Waals surface area contributed by atoms with Crippen molar-refractivity contribution in [3.63, 3.8) is 0 Å². The van der Waals surface area contributed by atoms with Crippen LogP contribution in [0.3, 0.4) is 0 Å². The van der Waals surface area contributed by atoms with Crippen LogP contribution in [-0.2, 0) is 6.54 Å². The normalized spacial score (nSPS) is 15.6. The Morgan fingerprint density at radius 3 is 2.68 bits per heavy atom. The molecule has 184 valence electrons. The minimum Gasteiger partial charge on any atom is -0.508 e. The third kappa shape index (κ3) is 8.99. The Bertz CT molecular complexity index is 929. The molecule has 1 heterocycles. The molecule has 0 amide bonds. The van der Waals surface area contributed by atoms with Crippen molar-refractivity contribution in [3.05, 3.63) is 69.8 Å². The van der Waals surface area contributed by atoms with Crippen molar-refractivity contribution in [2.45, 2.75) is 38.3 Å². The zero-order chi connectivity index (χ0) is 24.2. The van der Waals surface area contributed by atoms with E-state index in [0.717, 1.165) is 25.4 Å². The number of hydrogen-bond acceptors (Lipinski definition) is 7. The SMILES string of the molecule is O=[N+]([O-])CC(=NCC(O)c1ccc(O)cc1)NCCCOc1cccc(CN2CCCCC2)c1.